The summed E-state index contributed by atoms with van der Waals surface area (Å²) in [6.45, 7) is 1.73. The lowest BCUT2D eigenvalue weighted by Gasteiger charge is -2.37. The Hall–Kier alpha value is -1.93. The van der Waals surface area contributed by atoms with Crippen LogP contribution in [0.3, 0.4) is 0 Å². The summed E-state index contributed by atoms with van der Waals surface area (Å²) >= 11 is 0. The summed E-state index contributed by atoms with van der Waals surface area (Å²) in [5.41, 5.74) is -0.0560. The number of hydrogen-bond donors (Lipinski definition) is 1. The third kappa shape index (κ3) is 2.91. The van der Waals surface area contributed by atoms with E-state index in [0.29, 0.717) is 25.1 Å². The summed E-state index contributed by atoms with van der Waals surface area (Å²) in [6.07, 6.45) is 2.44. The van der Waals surface area contributed by atoms with Crippen LogP contribution in [-0.2, 0) is 14.8 Å². The van der Waals surface area contributed by atoms with E-state index in [1.54, 1.807) is 16.8 Å². The van der Waals surface area contributed by atoms with Crippen molar-refractivity contribution in [3.8, 4) is 0 Å². The van der Waals surface area contributed by atoms with Crippen LogP contribution in [0.25, 0.3) is 0 Å². The molecule has 1 atom stereocenters. The molecular weight excluding hydrogens is 330 g/mol. The van der Waals surface area contributed by atoms with Crippen LogP contribution in [0.1, 0.15) is 29.6 Å². The zero-order chi connectivity index (χ0) is 17.5. The van der Waals surface area contributed by atoms with Crippen molar-refractivity contribution in [2.45, 2.75) is 24.2 Å². The van der Waals surface area contributed by atoms with Crippen LogP contribution < -0.4 is 5.14 Å². The van der Waals surface area contributed by atoms with Gasteiger partial charge in [-0.1, -0.05) is 0 Å². The average Bonchev–Trinajstić information content (AvgIpc) is 2.96. The van der Waals surface area contributed by atoms with E-state index in [4.69, 9.17) is 5.14 Å². The molecule has 2 saturated heterocycles. The second-order valence-corrected chi connectivity index (χ2v) is 8.22. The van der Waals surface area contributed by atoms with Crippen molar-refractivity contribution >= 4 is 21.8 Å². The fourth-order valence-electron chi connectivity index (χ4n) is 3.66. The van der Waals surface area contributed by atoms with Gasteiger partial charge in [-0.05, 0) is 43.5 Å². The molecule has 2 amide bonds. The number of piperidine rings is 1. The third-order valence-electron chi connectivity index (χ3n) is 5.02. The molecule has 0 aliphatic carbocycles. The lowest BCUT2D eigenvalue weighted by molar-refractivity contribution is -0.143. The van der Waals surface area contributed by atoms with Gasteiger partial charge in [0.25, 0.3) is 5.91 Å². The maximum atomic E-state index is 12.6. The van der Waals surface area contributed by atoms with Gasteiger partial charge >= 0.3 is 0 Å². The second kappa shape index (κ2) is 5.86. The Kier molecular flexibility index (Phi) is 4.13. The smallest absolute Gasteiger partial charge is 0.253 e. The number of primary sulfonamides is 1. The molecular formula is C16H21N3O4S. The molecule has 1 spiro atoms. The topological polar surface area (TPSA) is 101 Å². The summed E-state index contributed by atoms with van der Waals surface area (Å²) < 4.78 is 22.6. The molecule has 2 heterocycles. The van der Waals surface area contributed by atoms with Crippen LogP contribution in [0.2, 0.25) is 0 Å². The third-order valence-corrected chi connectivity index (χ3v) is 5.95. The van der Waals surface area contributed by atoms with Crippen molar-refractivity contribution in [1.82, 2.24) is 9.80 Å². The zero-order valence-electron chi connectivity index (χ0n) is 13.6. The first kappa shape index (κ1) is 16.9. The van der Waals surface area contributed by atoms with Gasteiger partial charge in [-0.25, -0.2) is 13.6 Å². The van der Waals surface area contributed by atoms with Crippen LogP contribution >= 0.6 is 0 Å². The van der Waals surface area contributed by atoms with Gasteiger partial charge < -0.3 is 9.80 Å². The van der Waals surface area contributed by atoms with Crippen LogP contribution in [0.15, 0.2) is 29.2 Å². The van der Waals surface area contributed by atoms with Gasteiger partial charge in [-0.3, -0.25) is 9.59 Å². The molecule has 130 valence electrons. The molecule has 2 N–H and O–H groups in total. The van der Waals surface area contributed by atoms with E-state index in [2.05, 4.69) is 0 Å². The highest BCUT2D eigenvalue weighted by Gasteiger charge is 2.48. The number of carbonyl (C=O) groups is 2. The molecule has 0 saturated carbocycles. The molecule has 8 heteroatoms. The van der Waals surface area contributed by atoms with Crippen molar-refractivity contribution in [3.63, 3.8) is 0 Å². The molecule has 3 rings (SSSR count). The van der Waals surface area contributed by atoms with Crippen LogP contribution in [-0.4, -0.2) is 56.7 Å². The molecule has 0 radical (unpaired) electrons. The number of benzene rings is 1. The first-order valence-corrected chi connectivity index (χ1v) is 9.45. The highest BCUT2D eigenvalue weighted by Crippen LogP contribution is 2.40. The minimum Gasteiger partial charge on any atom is -0.345 e. The standard InChI is InChI=1S/C16H21N3O4S/c1-18-9-2-7-16(15(18)21)8-10-19(11-16)14(20)12-3-5-13(6-4-12)24(17,22)23/h3-6H,2,7-11H2,1H3,(H2,17,22,23)/t16-/m0/s1. The predicted molar refractivity (Wildman–Crippen MR) is 87.6 cm³/mol. The van der Waals surface area contributed by atoms with Crippen LogP contribution in [0.4, 0.5) is 0 Å². The number of rotatable bonds is 2. The van der Waals surface area contributed by atoms with Gasteiger partial charge in [0.05, 0.1) is 10.3 Å². The lowest BCUT2D eigenvalue weighted by Crippen LogP contribution is -2.48. The fourth-order valence-corrected chi connectivity index (χ4v) is 4.18. The van der Waals surface area contributed by atoms with Crippen LogP contribution in [0.5, 0.6) is 0 Å². The summed E-state index contributed by atoms with van der Waals surface area (Å²) in [5.74, 6) is -0.0671. The monoisotopic (exact) mass is 351 g/mol. The van der Waals surface area contributed by atoms with Crippen molar-refractivity contribution in [1.29, 1.82) is 0 Å². The Bertz CT molecular complexity index is 775. The normalized spacial score (nSPS) is 24.7. The van der Waals surface area contributed by atoms with E-state index in [1.165, 1.54) is 24.3 Å². The Morgan fingerprint density at radius 2 is 1.83 bits per heavy atom. The quantitative estimate of drug-likeness (QED) is 0.834. The van der Waals surface area contributed by atoms with Crippen molar-refractivity contribution in [2.24, 2.45) is 10.6 Å². The minimum atomic E-state index is -3.78. The summed E-state index contributed by atoms with van der Waals surface area (Å²) in [7, 11) is -1.97. The van der Waals surface area contributed by atoms with Gasteiger partial charge in [0.1, 0.15) is 0 Å². The molecule has 2 aliphatic heterocycles. The van der Waals surface area contributed by atoms with E-state index in [-0.39, 0.29) is 16.7 Å². The number of likely N-dealkylation sites (tertiary alicyclic amines) is 2. The molecule has 7 nitrogen and oxygen atoms in total. The maximum absolute atomic E-state index is 12.6. The lowest BCUT2D eigenvalue weighted by atomic mass is 9.78. The second-order valence-electron chi connectivity index (χ2n) is 6.66. The molecule has 0 aromatic heterocycles. The molecule has 2 aliphatic rings. The Balaban J connectivity index is 1.76. The largest absolute Gasteiger partial charge is 0.345 e. The number of carbonyl (C=O) groups excluding carboxylic acids is 2. The van der Waals surface area contributed by atoms with Gasteiger partial charge in [-0.15, -0.1) is 0 Å². The minimum absolute atomic E-state index is 0.0268. The summed E-state index contributed by atoms with van der Waals surface area (Å²) in [5, 5.41) is 5.06. The fraction of sp³-hybridized carbons (Fsp3) is 0.500. The van der Waals surface area contributed by atoms with Gasteiger partial charge in [0, 0.05) is 32.2 Å². The van der Waals surface area contributed by atoms with E-state index in [9.17, 15) is 18.0 Å². The summed E-state index contributed by atoms with van der Waals surface area (Å²) in [6, 6.07) is 5.58. The van der Waals surface area contributed by atoms with E-state index >= 15 is 0 Å². The molecule has 1 aromatic carbocycles. The van der Waals surface area contributed by atoms with Crippen molar-refractivity contribution in [3.05, 3.63) is 29.8 Å². The molecule has 24 heavy (non-hydrogen) atoms. The van der Waals surface area contributed by atoms with E-state index < -0.39 is 15.4 Å². The SMILES string of the molecule is CN1CCC[C@@]2(CCN(C(=O)c3ccc(S(N)(=O)=O)cc3)C2)C1=O. The highest BCUT2D eigenvalue weighted by molar-refractivity contribution is 7.89. The highest BCUT2D eigenvalue weighted by atomic mass is 32.2. The van der Waals surface area contributed by atoms with Gasteiger partial charge in [-0.2, -0.15) is 0 Å². The molecule has 2 fully saturated rings. The number of nitrogens with zero attached hydrogens (tertiary/aromatic N) is 2. The molecule has 0 unspecified atom stereocenters. The molecule has 1 aromatic rings. The Morgan fingerprint density at radius 1 is 1.17 bits per heavy atom. The first-order chi connectivity index (χ1) is 11.2. The predicted octanol–water partition coefficient (Wildman–Crippen LogP) is 0.418. The number of sulfonamides is 1. The first-order valence-electron chi connectivity index (χ1n) is 7.91. The Morgan fingerprint density at radius 3 is 2.46 bits per heavy atom. The number of amides is 2. The van der Waals surface area contributed by atoms with E-state index in [1.807, 2.05) is 0 Å². The Labute approximate surface area is 141 Å². The number of nitrogens with two attached hydrogens (primary N) is 1. The van der Waals surface area contributed by atoms with Crippen molar-refractivity contribution in [2.75, 3.05) is 26.7 Å². The van der Waals surface area contributed by atoms with Crippen molar-refractivity contribution < 1.29 is 18.0 Å². The summed E-state index contributed by atoms with van der Waals surface area (Å²) in [4.78, 5) is 28.6. The zero-order valence-corrected chi connectivity index (χ0v) is 14.4. The molecule has 0 bridgehead atoms. The van der Waals surface area contributed by atoms with Gasteiger partial charge in [0.2, 0.25) is 15.9 Å². The van der Waals surface area contributed by atoms with E-state index in [0.717, 1.165) is 19.4 Å². The maximum Gasteiger partial charge on any atom is 0.253 e. The average molecular weight is 351 g/mol. The number of hydrogen-bond acceptors (Lipinski definition) is 4. The van der Waals surface area contributed by atoms with Gasteiger partial charge in [0.15, 0.2) is 0 Å². The van der Waals surface area contributed by atoms with Crippen LogP contribution in [0, 0.1) is 5.41 Å².